The molecule has 1 N–H and O–H groups in total. The maximum atomic E-state index is 13.1. The van der Waals surface area contributed by atoms with E-state index in [9.17, 15) is 14.4 Å². The first-order chi connectivity index (χ1) is 14.0. The number of benzene rings is 2. The van der Waals surface area contributed by atoms with Crippen molar-refractivity contribution in [3.05, 3.63) is 83.2 Å². The third-order valence-corrected chi connectivity index (χ3v) is 5.59. The lowest BCUT2D eigenvalue weighted by molar-refractivity contribution is -0.160. The summed E-state index contributed by atoms with van der Waals surface area (Å²) in [5.74, 6) is -3.72. The number of ether oxygens (including phenoxy) is 2. The molecule has 0 saturated carbocycles. The fourth-order valence-corrected chi connectivity index (χ4v) is 4.56. The van der Waals surface area contributed by atoms with Gasteiger partial charge in [-0.1, -0.05) is 60.7 Å². The van der Waals surface area contributed by atoms with Crippen LogP contribution in [0.15, 0.2) is 60.7 Å². The summed E-state index contributed by atoms with van der Waals surface area (Å²) in [6.07, 6.45) is 0. The van der Waals surface area contributed by atoms with Gasteiger partial charge >= 0.3 is 23.9 Å². The molecule has 2 heterocycles. The second-order valence-electron chi connectivity index (χ2n) is 6.91. The van der Waals surface area contributed by atoms with Gasteiger partial charge in [-0.25, -0.2) is 6.57 Å². The average molecular weight is 390 g/mol. The van der Waals surface area contributed by atoms with E-state index in [1.165, 1.54) is 0 Å². The zero-order chi connectivity index (χ0) is 20.6. The Morgan fingerprint density at radius 2 is 1.69 bits per heavy atom. The Morgan fingerprint density at radius 3 is 2.24 bits per heavy atom. The van der Waals surface area contributed by atoms with Crippen LogP contribution in [0.25, 0.3) is 4.85 Å². The Morgan fingerprint density at radius 1 is 1.10 bits per heavy atom. The highest BCUT2D eigenvalue weighted by atomic mass is 16.6. The lowest BCUT2D eigenvalue weighted by Crippen LogP contribution is -2.56. The lowest BCUT2D eigenvalue weighted by Gasteiger charge is -2.37. The first-order valence-electron chi connectivity index (χ1n) is 9.22. The van der Waals surface area contributed by atoms with Crippen molar-refractivity contribution in [1.82, 2.24) is 5.32 Å². The number of carbonyl (C=O) groups excluding carboxylic acids is 3. The normalized spacial score (nSPS) is 30.1. The molecule has 2 aliphatic rings. The third kappa shape index (κ3) is 2.32. The fourth-order valence-electron chi connectivity index (χ4n) is 4.56. The second-order valence-corrected chi connectivity index (χ2v) is 6.91. The van der Waals surface area contributed by atoms with Gasteiger partial charge < -0.3 is 19.6 Å². The number of rotatable bonds is 4. The second kappa shape index (κ2) is 6.74. The van der Waals surface area contributed by atoms with E-state index in [-0.39, 0.29) is 6.61 Å². The molecule has 2 aromatic carbocycles. The topological polar surface area (TPSA) is 86.1 Å². The van der Waals surface area contributed by atoms with Crippen LogP contribution in [-0.4, -0.2) is 30.5 Å². The minimum atomic E-state index is -1.70. The molecule has 29 heavy (non-hydrogen) atoms. The molecule has 0 aromatic heterocycles. The zero-order valence-corrected chi connectivity index (χ0v) is 15.6. The van der Waals surface area contributed by atoms with Crippen LogP contribution in [-0.2, 0) is 35.0 Å². The summed E-state index contributed by atoms with van der Waals surface area (Å²) in [7, 11) is 0. The summed E-state index contributed by atoms with van der Waals surface area (Å²) in [6.45, 7) is 9.43. The molecule has 7 heteroatoms. The Balaban J connectivity index is 2.10. The van der Waals surface area contributed by atoms with E-state index in [0.717, 1.165) is 0 Å². The summed E-state index contributed by atoms with van der Waals surface area (Å²) in [5, 5.41) is 2.74. The monoisotopic (exact) mass is 390 g/mol. The molecule has 0 bridgehead atoms. The van der Waals surface area contributed by atoms with Gasteiger partial charge in [0.15, 0.2) is 11.3 Å². The number of hydrogen-bond acceptors (Lipinski definition) is 5. The van der Waals surface area contributed by atoms with Crippen molar-refractivity contribution in [2.24, 2.45) is 5.92 Å². The van der Waals surface area contributed by atoms with Gasteiger partial charge in [0.25, 0.3) is 0 Å². The molecule has 2 aliphatic heterocycles. The van der Waals surface area contributed by atoms with Gasteiger partial charge in [-0.3, -0.25) is 14.4 Å². The van der Waals surface area contributed by atoms with Crippen molar-refractivity contribution < 1.29 is 23.9 Å². The molecule has 2 aromatic rings. The van der Waals surface area contributed by atoms with E-state index in [0.29, 0.717) is 11.1 Å². The number of carbonyl (C=O) groups is 3. The third-order valence-electron chi connectivity index (χ3n) is 5.59. The van der Waals surface area contributed by atoms with E-state index in [1.54, 1.807) is 67.6 Å². The number of fused-ring (bicyclic) bond motifs is 1. The fraction of sp³-hybridized carbons (Fsp3) is 0.273. The van der Waals surface area contributed by atoms with Gasteiger partial charge in [-0.15, -0.1) is 0 Å². The number of esters is 2. The molecule has 4 rings (SSSR count). The van der Waals surface area contributed by atoms with E-state index in [1.807, 2.05) is 0 Å². The molecule has 2 unspecified atom stereocenters. The SMILES string of the molecule is [C-]#[N+]C1C(=O)N[C@@]2(c3ccccc3)OC(=O)C(C(=O)OCC)[C@@]12c1ccccc1. The molecular formula is C22H18N2O5. The van der Waals surface area contributed by atoms with Crippen LogP contribution in [0.4, 0.5) is 0 Å². The molecule has 0 radical (unpaired) electrons. The quantitative estimate of drug-likeness (QED) is 0.490. The number of nitrogens with one attached hydrogen (secondary N) is 1. The van der Waals surface area contributed by atoms with Gasteiger partial charge in [0.05, 0.1) is 6.61 Å². The highest BCUT2D eigenvalue weighted by molar-refractivity contribution is 6.05. The van der Waals surface area contributed by atoms with Crippen molar-refractivity contribution in [1.29, 1.82) is 0 Å². The standard InChI is InChI=1S/C22H18N2O5/c1-3-28-19(26)16-20(27)29-22(15-12-8-5-9-13-15)21(16,14-10-6-4-7-11-14)17(23-2)18(25)24-22/h4-13,16-17H,3H2,1H3,(H,24,25)/t16?,17?,21-,22-/m0/s1. The summed E-state index contributed by atoms with van der Waals surface area (Å²) < 4.78 is 11.0. The zero-order valence-electron chi connectivity index (χ0n) is 15.6. The van der Waals surface area contributed by atoms with E-state index in [2.05, 4.69) is 10.2 Å². The minimum Gasteiger partial charge on any atom is -0.465 e. The average Bonchev–Trinajstić information content (AvgIpc) is 3.13. The van der Waals surface area contributed by atoms with Gasteiger partial charge in [0.2, 0.25) is 5.72 Å². The molecule has 7 nitrogen and oxygen atoms in total. The first-order valence-corrected chi connectivity index (χ1v) is 9.22. The summed E-state index contributed by atoms with van der Waals surface area (Å²) in [4.78, 5) is 42.5. The van der Waals surface area contributed by atoms with Crippen LogP contribution in [0.2, 0.25) is 0 Å². The van der Waals surface area contributed by atoms with Crippen LogP contribution in [0.1, 0.15) is 18.1 Å². The van der Waals surface area contributed by atoms with Crippen molar-refractivity contribution in [3.8, 4) is 0 Å². The molecule has 0 spiro atoms. The summed E-state index contributed by atoms with van der Waals surface area (Å²) in [6, 6.07) is 15.9. The highest BCUT2D eigenvalue weighted by Crippen LogP contribution is 2.60. The maximum absolute atomic E-state index is 13.1. The molecule has 2 fully saturated rings. The van der Waals surface area contributed by atoms with Crippen LogP contribution in [0.5, 0.6) is 0 Å². The maximum Gasteiger partial charge on any atom is 0.324 e. The lowest BCUT2D eigenvalue weighted by atomic mass is 9.61. The van der Waals surface area contributed by atoms with Crippen molar-refractivity contribution in [2.75, 3.05) is 6.61 Å². The predicted molar refractivity (Wildman–Crippen MR) is 101 cm³/mol. The number of amides is 1. The van der Waals surface area contributed by atoms with Crippen LogP contribution in [0, 0.1) is 12.5 Å². The van der Waals surface area contributed by atoms with Gasteiger partial charge in [0.1, 0.15) is 0 Å². The van der Waals surface area contributed by atoms with Gasteiger partial charge in [0, 0.05) is 5.56 Å². The van der Waals surface area contributed by atoms with Crippen LogP contribution in [0.3, 0.4) is 0 Å². The Kier molecular flexibility index (Phi) is 4.35. The van der Waals surface area contributed by atoms with E-state index >= 15 is 0 Å². The molecule has 2 saturated heterocycles. The Hall–Kier alpha value is -3.66. The molecule has 0 aliphatic carbocycles. The Bertz CT molecular complexity index is 1020. The first kappa shape index (κ1) is 18.7. The van der Waals surface area contributed by atoms with Crippen molar-refractivity contribution in [2.45, 2.75) is 24.1 Å². The van der Waals surface area contributed by atoms with Crippen LogP contribution < -0.4 is 5.32 Å². The largest absolute Gasteiger partial charge is 0.465 e. The molecular weight excluding hydrogens is 372 g/mol. The minimum absolute atomic E-state index is 0.0515. The van der Waals surface area contributed by atoms with Crippen LogP contribution >= 0.6 is 0 Å². The Labute approximate surface area is 167 Å². The van der Waals surface area contributed by atoms with E-state index in [4.69, 9.17) is 16.0 Å². The van der Waals surface area contributed by atoms with Crippen molar-refractivity contribution in [3.63, 3.8) is 0 Å². The molecule has 146 valence electrons. The van der Waals surface area contributed by atoms with E-state index < -0.39 is 40.9 Å². The highest BCUT2D eigenvalue weighted by Gasteiger charge is 2.83. The number of nitrogens with zero attached hydrogens (tertiary/aromatic N) is 1. The molecule has 4 atom stereocenters. The number of hydrogen-bond donors (Lipinski definition) is 1. The van der Waals surface area contributed by atoms with Gasteiger partial charge in [-0.05, 0) is 12.5 Å². The smallest absolute Gasteiger partial charge is 0.324 e. The van der Waals surface area contributed by atoms with Crippen molar-refractivity contribution >= 4 is 17.8 Å². The summed E-state index contributed by atoms with van der Waals surface area (Å²) in [5.41, 5.74) is -2.36. The van der Waals surface area contributed by atoms with Gasteiger partial charge in [-0.2, -0.15) is 0 Å². The predicted octanol–water partition coefficient (Wildman–Crippen LogP) is 1.93. The molecule has 1 amide bonds. The summed E-state index contributed by atoms with van der Waals surface area (Å²) >= 11 is 0.